The number of nitrogens with two attached hydrogens (primary N) is 1. The zero-order valence-corrected chi connectivity index (χ0v) is 6.58. The molecule has 0 amide bonds. The fourth-order valence-electron chi connectivity index (χ4n) is 0.716. The Morgan fingerprint density at radius 3 is 2.73 bits per heavy atom. The zero-order chi connectivity index (χ0) is 8.32. The van der Waals surface area contributed by atoms with Crippen LogP contribution in [0.2, 0.25) is 0 Å². The van der Waals surface area contributed by atoms with Gasteiger partial charge in [0.2, 0.25) is 10.0 Å². The van der Waals surface area contributed by atoms with Crippen LogP contribution in [-0.4, -0.2) is 13.4 Å². The van der Waals surface area contributed by atoms with Crippen LogP contribution >= 0.6 is 0 Å². The van der Waals surface area contributed by atoms with E-state index in [1.807, 2.05) is 0 Å². The lowest BCUT2D eigenvalue weighted by atomic mass is 10.3. The Bertz CT molecular complexity index is 320. The highest BCUT2D eigenvalue weighted by atomic mass is 32.2. The molecule has 0 atom stereocenters. The van der Waals surface area contributed by atoms with Gasteiger partial charge in [0, 0.05) is 12.4 Å². The molecule has 11 heavy (non-hydrogen) atoms. The Labute approximate surface area is 65.1 Å². The number of primary sulfonamides is 1. The molecular formula is C6H8N2O2S. The number of aromatic nitrogens is 1. The van der Waals surface area contributed by atoms with Gasteiger partial charge in [0.15, 0.2) is 0 Å². The van der Waals surface area contributed by atoms with Gasteiger partial charge >= 0.3 is 0 Å². The summed E-state index contributed by atoms with van der Waals surface area (Å²) in [5.74, 6) is -0.152. The lowest BCUT2D eigenvalue weighted by Gasteiger charge is -1.95. The lowest BCUT2D eigenvalue weighted by Crippen LogP contribution is -2.14. The summed E-state index contributed by atoms with van der Waals surface area (Å²) in [4.78, 5) is 3.75. The largest absolute Gasteiger partial charge is 0.264 e. The standard InChI is InChI=1S/C6H8N2O2S/c7-11(9,10)5-6-2-1-3-8-4-6/h1-4H,5H2,(H2,7,9,10). The van der Waals surface area contributed by atoms with Gasteiger partial charge in [-0.1, -0.05) is 6.07 Å². The van der Waals surface area contributed by atoms with Crippen LogP contribution in [0.3, 0.4) is 0 Å². The Hall–Kier alpha value is -0.940. The van der Waals surface area contributed by atoms with Gasteiger partial charge in [-0.25, -0.2) is 13.6 Å². The minimum absolute atomic E-state index is 0.152. The van der Waals surface area contributed by atoms with Crippen molar-refractivity contribution < 1.29 is 8.42 Å². The van der Waals surface area contributed by atoms with E-state index in [4.69, 9.17) is 5.14 Å². The maximum atomic E-state index is 10.6. The average Bonchev–Trinajstić information content (AvgIpc) is 1.85. The van der Waals surface area contributed by atoms with Crippen LogP contribution in [0.1, 0.15) is 5.56 Å². The molecule has 0 bridgehead atoms. The number of rotatable bonds is 2. The number of hydrogen-bond donors (Lipinski definition) is 1. The van der Waals surface area contributed by atoms with Crippen LogP contribution in [0.25, 0.3) is 0 Å². The lowest BCUT2D eigenvalue weighted by molar-refractivity contribution is 0.597. The molecule has 0 saturated carbocycles. The second-order valence-corrected chi connectivity index (χ2v) is 3.78. The maximum Gasteiger partial charge on any atom is 0.213 e. The molecule has 0 aliphatic heterocycles. The molecule has 4 nitrogen and oxygen atoms in total. The minimum Gasteiger partial charge on any atom is -0.264 e. The molecule has 0 spiro atoms. The van der Waals surface area contributed by atoms with E-state index in [1.165, 1.54) is 6.20 Å². The van der Waals surface area contributed by atoms with E-state index in [9.17, 15) is 8.42 Å². The quantitative estimate of drug-likeness (QED) is 0.675. The molecule has 1 aromatic rings. The smallest absolute Gasteiger partial charge is 0.213 e. The van der Waals surface area contributed by atoms with Crippen molar-refractivity contribution in [1.29, 1.82) is 0 Å². The molecule has 1 rings (SSSR count). The van der Waals surface area contributed by atoms with E-state index in [0.717, 1.165) is 0 Å². The summed E-state index contributed by atoms with van der Waals surface area (Å²) >= 11 is 0. The van der Waals surface area contributed by atoms with Crippen molar-refractivity contribution in [3.05, 3.63) is 30.1 Å². The molecule has 0 unspecified atom stereocenters. The topological polar surface area (TPSA) is 73.1 Å². The molecule has 1 heterocycles. The van der Waals surface area contributed by atoms with Crippen molar-refractivity contribution in [1.82, 2.24) is 4.98 Å². The first-order valence-corrected chi connectivity index (χ1v) is 4.69. The third-order valence-electron chi connectivity index (χ3n) is 1.09. The first-order valence-electron chi connectivity index (χ1n) is 2.97. The van der Waals surface area contributed by atoms with Crippen LogP contribution in [0.5, 0.6) is 0 Å². The molecule has 0 aliphatic rings. The van der Waals surface area contributed by atoms with Gasteiger partial charge in [-0.15, -0.1) is 0 Å². The van der Waals surface area contributed by atoms with Crippen molar-refractivity contribution >= 4 is 10.0 Å². The van der Waals surface area contributed by atoms with E-state index < -0.39 is 10.0 Å². The number of sulfonamides is 1. The SMILES string of the molecule is NS(=O)(=O)Cc1cccnc1. The Balaban J connectivity index is 2.82. The molecule has 0 saturated heterocycles. The van der Waals surface area contributed by atoms with Crippen molar-refractivity contribution in [2.75, 3.05) is 0 Å². The van der Waals surface area contributed by atoms with Gasteiger partial charge in [0.1, 0.15) is 0 Å². The first-order chi connectivity index (χ1) is 5.08. The van der Waals surface area contributed by atoms with E-state index in [1.54, 1.807) is 18.3 Å². The van der Waals surface area contributed by atoms with Crippen LogP contribution in [0.4, 0.5) is 0 Å². The maximum absolute atomic E-state index is 10.6. The third kappa shape index (κ3) is 3.10. The minimum atomic E-state index is -3.42. The number of nitrogens with zero attached hydrogens (tertiary/aromatic N) is 1. The van der Waals surface area contributed by atoms with Crippen LogP contribution in [0, 0.1) is 0 Å². The average molecular weight is 172 g/mol. The second kappa shape index (κ2) is 2.98. The van der Waals surface area contributed by atoms with Crippen molar-refractivity contribution in [3.8, 4) is 0 Å². The number of pyridine rings is 1. The van der Waals surface area contributed by atoms with E-state index in [2.05, 4.69) is 4.98 Å². The monoisotopic (exact) mass is 172 g/mol. The fraction of sp³-hybridized carbons (Fsp3) is 0.167. The van der Waals surface area contributed by atoms with Gasteiger partial charge in [-0.2, -0.15) is 0 Å². The van der Waals surface area contributed by atoms with Gasteiger partial charge in [-0.3, -0.25) is 4.98 Å². The molecule has 0 fully saturated rings. The van der Waals surface area contributed by atoms with Crippen molar-refractivity contribution in [3.63, 3.8) is 0 Å². The molecule has 1 aromatic heterocycles. The summed E-state index contributed by atoms with van der Waals surface area (Å²) in [6, 6.07) is 3.33. The zero-order valence-electron chi connectivity index (χ0n) is 5.77. The highest BCUT2D eigenvalue weighted by Crippen LogP contribution is 1.99. The second-order valence-electron chi connectivity index (χ2n) is 2.17. The highest BCUT2D eigenvalue weighted by molar-refractivity contribution is 7.88. The molecule has 0 radical (unpaired) electrons. The Morgan fingerprint density at radius 1 is 1.55 bits per heavy atom. The molecular weight excluding hydrogens is 164 g/mol. The third-order valence-corrected chi connectivity index (χ3v) is 1.83. The fourth-order valence-corrected chi connectivity index (χ4v) is 1.35. The molecule has 5 heteroatoms. The van der Waals surface area contributed by atoms with Crippen LogP contribution in [-0.2, 0) is 15.8 Å². The summed E-state index contributed by atoms with van der Waals surface area (Å²) in [6.07, 6.45) is 3.05. The molecule has 0 aliphatic carbocycles. The predicted molar refractivity (Wildman–Crippen MR) is 41.0 cm³/mol. The van der Waals surface area contributed by atoms with Crippen LogP contribution < -0.4 is 5.14 Å². The van der Waals surface area contributed by atoms with Gasteiger partial charge in [-0.05, 0) is 11.6 Å². The van der Waals surface area contributed by atoms with Gasteiger partial charge in [0.25, 0.3) is 0 Å². The summed E-state index contributed by atoms with van der Waals surface area (Å²) < 4.78 is 21.1. The summed E-state index contributed by atoms with van der Waals surface area (Å²) in [5, 5.41) is 4.81. The predicted octanol–water partition coefficient (Wildman–Crippen LogP) is -0.130. The van der Waals surface area contributed by atoms with Gasteiger partial charge < -0.3 is 0 Å². The Morgan fingerprint density at radius 2 is 2.27 bits per heavy atom. The molecule has 0 aromatic carbocycles. The first kappa shape index (κ1) is 8.16. The van der Waals surface area contributed by atoms with E-state index >= 15 is 0 Å². The molecule has 2 N–H and O–H groups in total. The highest BCUT2D eigenvalue weighted by Gasteiger charge is 2.03. The summed E-state index contributed by atoms with van der Waals surface area (Å²) in [6.45, 7) is 0. The van der Waals surface area contributed by atoms with Crippen molar-refractivity contribution in [2.24, 2.45) is 5.14 Å². The van der Waals surface area contributed by atoms with E-state index in [-0.39, 0.29) is 5.75 Å². The summed E-state index contributed by atoms with van der Waals surface area (Å²) in [5.41, 5.74) is 0.606. The molecule has 60 valence electrons. The normalized spacial score (nSPS) is 11.4. The van der Waals surface area contributed by atoms with Crippen molar-refractivity contribution in [2.45, 2.75) is 5.75 Å². The van der Waals surface area contributed by atoms with Gasteiger partial charge in [0.05, 0.1) is 5.75 Å². The number of hydrogen-bond acceptors (Lipinski definition) is 3. The Kier molecular flexibility index (Phi) is 2.21. The summed E-state index contributed by atoms with van der Waals surface area (Å²) in [7, 11) is -3.42. The van der Waals surface area contributed by atoms with E-state index in [0.29, 0.717) is 5.56 Å². The van der Waals surface area contributed by atoms with Crippen LogP contribution in [0.15, 0.2) is 24.5 Å².